The molecule has 0 fully saturated rings. The zero-order valence-electron chi connectivity index (χ0n) is 21.5. The second-order valence-electron chi connectivity index (χ2n) is 8.90. The number of hydrogen-bond acceptors (Lipinski definition) is 4. The Morgan fingerprint density at radius 2 is 1.60 bits per heavy atom. The minimum Gasteiger partial charge on any atom is -0.357 e. The summed E-state index contributed by atoms with van der Waals surface area (Å²) in [6.07, 6.45) is -4.09. The number of carbonyl (C=O) groups is 2. The van der Waals surface area contributed by atoms with E-state index in [0.717, 1.165) is 23.3 Å². The van der Waals surface area contributed by atoms with E-state index >= 15 is 0 Å². The van der Waals surface area contributed by atoms with Crippen LogP contribution < -0.4 is 9.62 Å². The van der Waals surface area contributed by atoms with Crippen molar-refractivity contribution in [3.8, 4) is 0 Å². The molecule has 1 N–H and O–H groups in total. The van der Waals surface area contributed by atoms with Gasteiger partial charge in [-0.25, -0.2) is 12.8 Å². The van der Waals surface area contributed by atoms with Gasteiger partial charge in [-0.2, -0.15) is 13.2 Å². The van der Waals surface area contributed by atoms with Crippen LogP contribution in [-0.4, -0.2) is 51.0 Å². The lowest BCUT2D eigenvalue weighted by atomic mass is 10.0. The highest BCUT2D eigenvalue weighted by Crippen LogP contribution is 2.37. The molecule has 13 heteroatoms. The summed E-state index contributed by atoms with van der Waals surface area (Å²) in [6, 6.07) is 15.2. The van der Waals surface area contributed by atoms with Crippen LogP contribution in [0.3, 0.4) is 0 Å². The van der Waals surface area contributed by atoms with Gasteiger partial charge < -0.3 is 10.2 Å². The van der Waals surface area contributed by atoms with Crippen LogP contribution in [0.25, 0.3) is 0 Å². The second kappa shape index (κ2) is 12.7. The van der Waals surface area contributed by atoms with Gasteiger partial charge in [-0.05, 0) is 41.5 Å². The molecular weight excluding hydrogens is 574 g/mol. The smallest absolute Gasteiger partial charge is 0.357 e. The quantitative estimate of drug-likeness (QED) is 0.344. The molecule has 1 atom stereocenters. The average molecular weight is 600 g/mol. The second-order valence-corrected chi connectivity index (χ2v) is 11.2. The highest BCUT2D eigenvalue weighted by atomic mass is 35.5. The van der Waals surface area contributed by atoms with Gasteiger partial charge in [0.1, 0.15) is 18.4 Å². The Morgan fingerprint density at radius 3 is 2.15 bits per heavy atom. The Bertz CT molecular complexity index is 1450. The number of anilines is 1. The van der Waals surface area contributed by atoms with Gasteiger partial charge in [-0.1, -0.05) is 54.1 Å². The predicted molar refractivity (Wildman–Crippen MR) is 144 cm³/mol. The van der Waals surface area contributed by atoms with E-state index in [1.54, 1.807) is 30.3 Å². The zero-order valence-corrected chi connectivity index (χ0v) is 23.0. The summed E-state index contributed by atoms with van der Waals surface area (Å²) in [6.45, 7) is -1.13. The van der Waals surface area contributed by atoms with Crippen molar-refractivity contribution in [2.24, 2.45) is 0 Å². The molecule has 3 rings (SSSR count). The monoisotopic (exact) mass is 599 g/mol. The highest BCUT2D eigenvalue weighted by Gasteiger charge is 2.36. The Balaban J connectivity index is 2.06. The van der Waals surface area contributed by atoms with Gasteiger partial charge in [-0.15, -0.1) is 0 Å². The first kappa shape index (κ1) is 30.9. The van der Waals surface area contributed by atoms with Crippen LogP contribution in [0.4, 0.5) is 23.2 Å². The van der Waals surface area contributed by atoms with Gasteiger partial charge in [-0.3, -0.25) is 13.9 Å². The molecule has 0 aromatic heterocycles. The molecule has 0 saturated carbocycles. The van der Waals surface area contributed by atoms with Crippen LogP contribution in [0.5, 0.6) is 0 Å². The van der Waals surface area contributed by atoms with E-state index in [4.69, 9.17) is 11.6 Å². The standard InChI is InChI=1S/C27H26ClF4N3O4S/c1-33-26(37)24(14-18-6-4-3-5-7-18)34(16-19-8-10-20(29)11-9-19)25(36)17-35(40(2,38)39)21-12-13-23(28)22(15-21)27(30,31)32/h3-13,15,24H,14,16-17H2,1-2H3,(H,33,37)/t24-/m1/s1. The first-order chi connectivity index (χ1) is 18.7. The van der Waals surface area contributed by atoms with Crippen molar-refractivity contribution in [2.45, 2.75) is 25.2 Å². The number of nitrogens with one attached hydrogen (secondary N) is 1. The summed E-state index contributed by atoms with van der Waals surface area (Å²) >= 11 is 5.69. The molecule has 0 bridgehead atoms. The van der Waals surface area contributed by atoms with E-state index in [-0.39, 0.29) is 13.0 Å². The molecule has 40 heavy (non-hydrogen) atoms. The lowest BCUT2D eigenvalue weighted by Gasteiger charge is -2.33. The van der Waals surface area contributed by atoms with Crippen molar-refractivity contribution in [2.75, 3.05) is 24.2 Å². The summed E-state index contributed by atoms with van der Waals surface area (Å²) in [7, 11) is -2.91. The summed E-state index contributed by atoms with van der Waals surface area (Å²) in [5.41, 5.74) is -0.578. The number of carbonyl (C=O) groups excluding carboxylic acids is 2. The number of benzene rings is 3. The molecule has 0 aliphatic heterocycles. The first-order valence-electron chi connectivity index (χ1n) is 11.8. The molecule has 3 aromatic rings. The van der Waals surface area contributed by atoms with E-state index in [1.807, 2.05) is 0 Å². The van der Waals surface area contributed by atoms with Gasteiger partial charge in [0, 0.05) is 20.0 Å². The van der Waals surface area contributed by atoms with Crippen LogP contribution in [0.15, 0.2) is 72.8 Å². The minimum atomic E-state index is -4.88. The SMILES string of the molecule is CNC(=O)[C@@H](Cc1ccccc1)N(Cc1ccc(F)cc1)C(=O)CN(c1ccc(Cl)c(C(F)(F)F)c1)S(C)(=O)=O. The lowest BCUT2D eigenvalue weighted by molar-refractivity contribution is -0.139. The predicted octanol–water partition coefficient (Wildman–Crippen LogP) is 4.65. The van der Waals surface area contributed by atoms with Crippen LogP contribution >= 0.6 is 11.6 Å². The van der Waals surface area contributed by atoms with E-state index < -0.39 is 62.7 Å². The molecule has 0 saturated heterocycles. The Morgan fingerprint density at radius 1 is 0.975 bits per heavy atom. The number of likely N-dealkylation sites (N-methyl/N-ethyl adjacent to an activating group) is 1. The number of nitrogens with zero attached hydrogens (tertiary/aromatic N) is 2. The third kappa shape index (κ3) is 7.95. The molecule has 0 heterocycles. The van der Waals surface area contributed by atoms with Crippen LogP contribution in [0, 0.1) is 5.82 Å². The molecule has 3 aromatic carbocycles. The molecule has 0 unspecified atom stereocenters. The van der Waals surface area contributed by atoms with Gasteiger partial charge in [0.05, 0.1) is 22.5 Å². The van der Waals surface area contributed by atoms with Gasteiger partial charge in [0.15, 0.2) is 0 Å². The number of sulfonamides is 1. The Labute approximate surface area is 234 Å². The topological polar surface area (TPSA) is 86.8 Å². The minimum absolute atomic E-state index is 0.0471. The number of hydrogen-bond donors (Lipinski definition) is 1. The summed E-state index contributed by atoms with van der Waals surface area (Å²) < 4.78 is 79.9. The maximum atomic E-state index is 13.8. The zero-order chi connectivity index (χ0) is 29.7. The van der Waals surface area contributed by atoms with Gasteiger partial charge in [0.25, 0.3) is 0 Å². The van der Waals surface area contributed by atoms with Crippen LogP contribution in [0.2, 0.25) is 5.02 Å². The number of amides is 2. The fraction of sp³-hybridized carbons (Fsp3) is 0.259. The lowest BCUT2D eigenvalue weighted by Crippen LogP contribution is -2.52. The van der Waals surface area contributed by atoms with Gasteiger partial charge >= 0.3 is 6.18 Å². The molecular formula is C27H26ClF4N3O4S. The molecule has 0 aliphatic rings. The van der Waals surface area contributed by atoms with E-state index in [1.165, 1.54) is 31.3 Å². The fourth-order valence-electron chi connectivity index (χ4n) is 4.01. The number of halogens is 5. The van der Waals surface area contributed by atoms with Crippen molar-refractivity contribution < 1.29 is 35.6 Å². The summed E-state index contributed by atoms with van der Waals surface area (Å²) in [5, 5.41) is 1.85. The first-order valence-corrected chi connectivity index (χ1v) is 14.1. The average Bonchev–Trinajstić information content (AvgIpc) is 2.89. The Hall–Kier alpha value is -3.64. The third-order valence-electron chi connectivity index (χ3n) is 6.01. The maximum absolute atomic E-state index is 13.8. The highest BCUT2D eigenvalue weighted by molar-refractivity contribution is 7.92. The maximum Gasteiger partial charge on any atom is 0.417 e. The number of rotatable bonds is 10. The van der Waals surface area contributed by atoms with Crippen molar-refractivity contribution in [3.63, 3.8) is 0 Å². The third-order valence-corrected chi connectivity index (χ3v) is 7.48. The van der Waals surface area contributed by atoms with Crippen LogP contribution in [0.1, 0.15) is 16.7 Å². The fourth-order valence-corrected chi connectivity index (χ4v) is 5.07. The molecule has 0 spiro atoms. The van der Waals surface area contributed by atoms with E-state index in [0.29, 0.717) is 21.5 Å². The van der Waals surface area contributed by atoms with Crippen molar-refractivity contribution in [1.82, 2.24) is 10.2 Å². The molecule has 2 amide bonds. The van der Waals surface area contributed by atoms with Gasteiger partial charge in [0.2, 0.25) is 21.8 Å². The molecule has 7 nitrogen and oxygen atoms in total. The normalized spacial score (nSPS) is 12.5. The van der Waals surface area contributed by atoms with Crippen molar-refractivity contribution in [3.05, 3.63) is 100 Å². The van der Waals surface area contributed by atoms with E-state index in [2.05, 4.69) is 5.32 Å². The molecule has 214 valence electrons. The molecule has 0 radical (unpaired) electrons. The number of alkyl halides is 3. The summed E-state index contributed by atoms with van der Waals surface area (Å²) in [4.78, 5) is 27.9. The van der Waals surface area contributed by atoms with Crippen molar-refractivity contribution in [1.29, 1.82) is 0 Å². The largest absolute Gasteiger partial charge is 0.417 e. The van der Waals surface area contributed by atoms with Crippen molar-refractivity contribution >= 4 is 39.1 Å². The van der Waals surface area contributed by atoms with E-state index in [9.17, 15) is 35.6 Å². The summed E-state index contributed by atoms with van der Waals surface area (Å²) in [5.74, 6) is -1.96. The Kier molecular flexibility index (Phi) is 9.80. The van der Waals surface area contributed by atoms with Crippen LogP contribution in [-0.2, 0) is 38.8 Å². The molecule has 0 aliphatic carbocycles.